The van der Waals surface area contributed by atoms with Gasteiger partial charge < -0.3 is 0 Å². The predicted molar refractivity (Wildman–Crippen MR) is 47.9 cm³/mol. The van der Waals surface area contributed by atoms with Crippen LogP contribution in [0.1, 0.15) is 11.3 Å². The van der Waals surface area contributed by atoms with Gasteiger partial charge in [0.1, 0.15) is 5.69 Å². The highest BCUT2D eigenvalue weighted by Crippen LogP contribution is 2.36. The minimum Gasteiger partial charge on any atom is -0.276 e. The van der Waals surface area contributed by atoms with Gasteiger partial charge in [-0.05, 0) is 18.2 Å². The molecule has 0 aliphatic heterocycles. The van der Waals surface area contributed by atoms with Crippen molar-refractivity contribution in [3.63, 3.8) is 0 Å². The Kier molecular flexibility index (Phi) is 2.60. The van der Waals surface area contributed by atoms with Gasteiger partial charge in [-0.25, -0.2) is 13.2 Å². The van der Waals surface area contributed by atoms with Crippen molar-refractivity contribution >= 4 is 0 Å². The number of rotatable bonds is 2. The molecule has 0 unspecified atom stereocenters. The fourth-order valence-corrected chi connectivity index (χ4v) is 1.34. The average molecular weight is 248 g/mol. The molecule has 0 amide bonds. The molecule has 0 aliphatic carbocycles. The molecule has 0 radical (unpaired) electrons. The van der Waals surface area contributed by atoms with Crippen LogP contribution >= 0.6 is 0 Å². The quantitative estimate of drug-likeness (QED) is 0.642. The van der Waals surface area contributed by atoms with Crippen LogP contribution in [0.15, 0.2) is 24.4 Å². The molecule has 17 heavy (non-hydrogen) atoms. The Morgan fingerprint density at radius 1 is 1.00 bits per heavy atom. The van der Waals surface area contributed by atoms with Gasteiger partial charge in [0.15, 0.2) is 17.5 Å². The van der Waals surface area contributed by atoms with Gasteiger partial charge in [-0.2, -0.15) is 13.9 Å². The van der Waals surface area contributed by atoms with Crippen LogP contribution in [-0.2, 0) is 5.92 Å². The number of aromatic amines is 1. The lowest BCUT2D eigenvalue weighted by atomic mass is 10.0. The normalized spacial score (nSPS) is 11.8. The molecule has 1 aromatic carbocycles. The third-order valence-electron chi connectivity index (χ3n) is 2.21. The van der Waals surface area contributed by atoms with Gasteiger partial charge in [0.2, 0.25) is 0 Å². The van der Waals surface area contributed by atoms with Gasteiger partial charge in [0.05, 0.1) is 5.56 Å². The molecule has 0 saturated heterocycles. The molecule has 1 N–H and O–H groups in total. The van der Waals surface area contributed by atoms with Crippen LogP contribution in [0.25, 0.3) is 0 Å². The maximum absolute atomic E-state index is 13.7. The summed E-state index contributed by atoms with van der Waals surface area (Å²) < 4.78 is 66.1. The van der Waals surface area contributed by atoms with Crippen molar-refractivity contribution in [1.82, 2.24) is 10.2 Å². The van der Waals surface area contributed by atoms with Crippen LogP contribution in [0.3, 0.4) is 0 Å². The summed E-state index contributed by atoms with van der Waals surface area (Å²) in [6.07, 6.45) is 1.04. The number of benzene rings is 1. The Morgan fingerprint density at radius 2 is 1.71 bits per heavy atom. The van der Waals surface area contributed by atoms with E-state index in [0.29, 0.717) is 12.1 Å². The smallest absolute Gasteiger partial charge is 0.276 e. The fraction of sp³-hybridized carbons (Fsp3) is 0.100. The lowest BCUT2D eigenvalue weighted by Gasteiger charge is -2.15. The van der Waals surface area contributed by atoms with Gasteiger partial charge in [0, 0.05) is 6.20 Å². The van der Waals surface area contributed by atoms with E-state index in [1.165, 1.54) is 0 Å². The summed E-state index contributed by atoms with van der Waals surface area (Å²) in [5, 5.41) is 5.24. The van der Waals surface area contributed by atoms with Crippen molar-refractivity contribution in [3.8, 4) is 0 Å². The van der Waals surface area contributed by atoms with Crippen molar-refractivity contribution in [3.05, 3.63) is 53.1 Å². The van der Waals surface area contributed by atoms with E-state index in [9.17, 15) is 22.0 Å². The second kappa shape index (κ2) is 3.83. The van der Waals surface area contributed by atoms with Crippen LogP contribution in [-0.4, -0.2) is 10.2 Å². The first-order valence-corrected chi connectivity index (χ1v) is 4.46. The number of aromatic nitrogens is 2. The second-order valence-corrected chi connectivity index (χ2v) is 3.27. The van der Waals surface area contributed by atoms with E-state index in [-0.39, 0.29) is 0 Å². The summed E-state index contributed by atoms with van der Waals surface area (Å²) in [5.74, 6) is -9.17. The topological polar surface area (TPSA) is 28.7 Å². The number of halogens is 5. The first-order chi connectivity index (χ1) is 7.94. The third-order valence-corrected chi connectivity index (χ3v) is 2.21. The minimum atomic E-state index is -3.81. The van der Waals surface area contributed by atoms with Crippen molar-refractivity contribution in [2.24, 2.45) is 0 Å². The van der Waals surface area contributed by atoms with E-state index in [1.54, 1.807) is 0 Å². The Balaban J connectivity index is 2.58. The standard InChI is InChI=1S/C10H5F5N2/c11-6-2-1-5(8(12)9(6)13)10(14,15)7-3-4-16-17-7/h1-4H,(H,16,17). The summed E-state index contributed by atoms with van der Waals surface area (Å²) in [5.41, 5.74) is -1.96. The molecule has 2 nitrogen and oxygen atoms in total. The van der Waals surface area contributed by atoms with E-state index in [4.69, 9.17) is 0 Å². The number of hydrogen-bond acceptors (Lipinski definition) is 1. The Hall–Kier alpha value is -1.92. The SMILES string of the molecule is Fc1ccc(C(F)(F)c2ccn[nH]2)c(F)c1F. The highest BCUT2D eigenvalue weighted by molar-refractivity contribution is 5.31. The number of alkyl halides is 2. The van der Waals surface area contributed by atoms with Crippen LogP contribution in [0.4, 0.5) is 22.0 Å². The second-order valence-electron chi connectivity index (χ2n) is 3.27. The maximum Gasteiger partial charge on any atom is 0.317 e. The summed E-state index contributed by atoms with van der Waals surface area (Å²) in [7, 11) is 0. The lowest BCUT2D eigenvalue weighted by molar-refractivity contribution is 0.0331. The zero-order valence-corrected chi connectivity index (χ0v) is 8.15. The number of hydrogen-bond donors (Lipinski definition) is 1. The first kappa shape index (κ1) is 11.6. The van der Waals surface area contributed by atoms with Gasteiger partial charge >= 0.3 is 5.92 Å². The van der Waals surface area contributed by atoms with E-state index in [1.807, 2.05) is 5.10 Å². The molecule has 0 bridgehead atoms. The van der Waals surface area contributed by atoms with Crippen LogP contribution in [0.5, 0.6) is 0 Å². The molecule has 0 atom stereocenters. The minimum absolute atomic E-state index is 0.442. The monoisotopic (exact) mass is 248 g/mol. The molecular weight excluding hydrogens is 243 g/mol. The number of nitrogens with zero attached hydrogens (tertiary/aromatic N) is 1. The summed E-state index contributed by atoms with van der Waals surface area (Å²) in [4.78, 5) is 0. The van der Waals surface area contributed by atoms with Crippen molar-refractivity contribution < 1.29 is 22.0 Å². The Labute approximate surface area is 92.1 Å². The molecule has 0 saturated carbocycles. The van der Waals surface area contributed by atoms with Gasteiger partial charge in [-0.15, -0.1) is 0 Å². The number of nitrogens with one attached hydrogen (secondary N) is 1. The molecular formula is C10H5F5N2. The molecule has 2 rings (SSSR count). The summed E-state index contributed by atoms with van der Waals surface area (Å²) in [6, 6.07) is 1.85. The molecule has 1 heterocycles. The van der Waals surface area contributed by atoms with E-state index < -0.39 is 34.6 Å². The van der Waals surface area contributed by atoms with Crippen molar-refractivity contribution in [2.45, 2.75) is 5.92 Å². The van der Waals surface area contributed by atoms with E-state index in [2.05, 4.69) is 5.10 Å². The summed E-state index contributed by atoms with van der Waals surface area (Å²) in [6.45, 7) is 0. The molecule has 1 aromatic heterocycles. The maximum atomic E-state index is 13.7. The van der Waals surface area contributed by atoms with Gasteiger partial charge in [-0.3, -0.25) is 5.10 Å². The highest BCUT2D eigenvalue weighted by atomic mass is 19.3. The largest absolute Gasteiger partial charge is 0.317 e. The van der Waals surface area contributed by atoms with Crippen LogP contribution in [0.2, 0.25) is 0 Å². The zero-order chi connectivity index (χ0) is 12.6. The average Bonchev–Trinajstić information content (AvgIpc) is 2.79. The Morgan fingerprint density at radius 3 is 2.29 bits per heavy atom. The number of H-pyrrole nitrogens is 1. The molecule has 0 spiro atoms. The Bertz CT molecular complexity index is 536. The van der Waals surface area contributed by atoms with Gasteiger partial charge in [0.25, 0.3) is 0 Å². The molecule has 0 fully saturated rings. The summed E-state index contributed by atoms with van der Waals surface area (Å²) >= 11 is 0. The predicted octanol–water partition coefficient (Wildman–Crippen LogP) is 2.97. The van der Waals surface area contributed by atoms with Crippen LogP contribution < -0.4 is 0 Å². The lowest BCUT2D eigenvalue weighted by Crippen LogP contribution is -2.19. The van der Waals surface area contributed by atoms with Crippen molar-refractivity contribution in [2.75, 3.05) is 0 Å². The highest BCUT2D eigenvalue weighted by Gasteiger charge is 2.39. The van der Waals surface area contributed by atoms with E-state index >= 15 is 0 Å². The first-order valence-electron chi connectivity index (χ1n) is 4.46. The van der Waals surface area contributed by atoms with Crippen molar-refractivity contribution in [1.29, 1.82) is 0 Å². The third kappa shape index (κ3) is 1.77. The van der Waals surface area contributed by atoms with E-state index in [0.717, 1.165) is 12.3 Å². The fourth-order valence-electron chi connectivity index (χ4n) is 1.34. The zero-order valence-electron chi connectivity index (χ0n) is 8.15. The molecule has 2 aromatic rings. The molecule has 7 heteroatoms. The molecule has 0 aliphatic rings. The van der Waals surface area contributed by atoms with Crippen LogP contribution in [0, 0.1) is 17.5 Å². The molecule has 90 valence electrons. The van der Waals surface area contributed by atoms with Gasteiger partial charge in [-0.1, -0.05) is 0 Å².